The monoisotopic (exact) mass is 518 g/mol. The summed E-state index contributed by atoms with van der Waals surface area (Å²) in [7, 11) is 1.69. The molecule has 1 fully saturated rings. The van der Waals surface area contributed by atoms with Crippen LogP contribution in [0.15, 0.2) is 26.4 Å². The van der Waals surface area contributed by atoms with Gasteiger partial charge in [-0.25, -0.2) is 27.9 Å². The number of alkyl halides is 4. The highest BCUT2D eigenvalue weighted by Gasteiger charge is 2.31. The molecule has 4 N–H and O–H groups in total. The Bertz CT molecular complexity index is 1070. The van der Waals surface area contributed by atoms with Crippen LogP contribution in [0.5, 0.6) is 0 Å². The van der Waals surface area contributed by atoms with E-state index in [9.17, 15) is 22.8 Å². The number of rotatable bonds is 12. The first-order valence-electron chi connectivity index (χ1n) is 11.1. The Morgan fingerprint density at radius 2 is 2.00 bits per heavy atom. The molecular formula is C21H30ClF3N8O2. The Morgan fingerprint density at radius 3 is 2.63 bits per heavy atom. The van der Waals surface area contributed by atoms with Gasteiger partial charge in [0.25, 0.3) is 0 Å². The van der Waals surface area contributed by atoms with Gasteiger partial charge in [-0.2, -0.15) is 4.98 Å². The van der Waals surface area contributed by atoms with Crippen LogP contribution in [0.4, 0.5) is 19.1 Å². The van der Waals surface area contributed by atoms with Crippen LogP contribution in [-0.2, 0) is 13.1 Å². The molecule has 0 aromatic carbocycles. The van der Waals surface area contributed by atoms with Crippen molar-refractivity contribution in [2.24, 2.45) is 4.99 Å². The fraction of sp³-hybridized carbons (Fsp3) is 0.619. The molecule has 1 aromatic heterocycles. The van der Waals surface area contributed by atoms with Gasteiger partial charge in [0, 0.05) is 44.4 Å². The lowest BCUT2D eigenvalue weighted by Crippen LogP contribution is -2.46. The van der Waals surface area contributed by atoms with Crippen molar-refractivity contribution >= 4 is 35.8 Å². The average molecular weight is 519 g/mol. The summed E-state index contributed by atoms with van der Waals surface area (Å²) < 4.78 is 41.7. The van der Waals surface area contributed by atoms with Gasteiger partial charge < -0.3 is 16.0 Å². The first-order valence-corrected chi connectivity index (χ1v) is 11.5. The largest absolute Gasteiger partial charge is 0.394 e. The number of anilines is 1. The molecule has 35 heavy (non-hydrogen) atoms. The zero-order valence-electron chi connectivity index (χ0n) is 19.4. The predicted molar refractivity (Wildman–Crippen MR) is 131 cm³/mol. The van der Waals surface area contributed by atoms with E-state index in [-0.39, 0.29) is 37.6 Å². The molecule has 10 nitrogen and oxygen atoms in total. The third-order valence-electron chi connectivity index (χ3n) is 5.58. The topological polar surface area (TPSA) is 141 Å². The zero-order chi connectivity index (χ0) is 26.1. The normalized spacial score (nSPS) is 20.9. The van der Waals surface area contributed by atoms with Crippen LogP contribution < -0.4 is 22.0 Å². The van der Waals surface area contributed by atoms with Crippen molar-refractivity contribution in [3.8, 4) is 0 Å². The first kappa shape index (κ1) is 28.3. The molecule has 194 valence electrons. The maximum atomic E-state index is 14.0. The lowest BCUT2D eigenvalue weighted by atomic mass is 9.89. The van der Waals surface area contributed by atoms with Crippen LogP contribution in [0, 0.1) is 10.8 Å². The smallest absolute Gasteiger partial charge is 0.355 e. The Kier molecular flexibility index (Phi) is 10.7. The summed E-state index contributed by atoms with van der Waals surface area (Å²) in [5.74, 6) is -0.444. The third kappa shape index (κ3) is 7.51. The van der Waals surface area contributed by atoms with Crippen LogP contribution in [-0.4, -0.2) is 69.9 Å². The van der Waals surface area contributed by atoms with Crippen molar-refractivity contribution < 1.29 is 13.2 Å². The molecule has 0 amide bonds. The fourth-order valence-corrected chi connectivity index (χ4v) is 3.98. The standard InChI is InChI=1S/C21H30ClF3N8O2/c1-28-10-12-8-17(13(22)9-16(12)26)30-19-31-20(34)33(11-18(27)29-2)21(35)32(19)7-3-4-14(24)15(25)5-6-23/h10,13-15,17,26-28H,2-9,11H2,1H3,(H,30,31,34)/b12-10-,26-16?,27-18?. The van der Waals surface area contributed by atoms with E-state index in [1.807, 2.05) is 0 Å². The van der Waals surface area contributed by atoms with E-state index in [0.717, 1.165) is 4.57 Å². The molecule has 1 aliphatic carbocycles. The highest BCUT2D eigenvalue weighted by molar-refractivity contribution is 6.24. The molecular weight excluding hydrogens is 489 g/mol. The summed E-state index contributed by atoms with van der Waals surface area (Å²) in [6.45, 7) is 1.63. The second-order valence-corrected chi connectivity index (χ2v) is 8.67. The van der Waals surface area contributed by atoms with E-state index in [1.165, 1.54) is 0 Å². The third-order valence-corrected chi connectivity index (χ3v) is 6.04. The van der Waals surface area contributed by atoms with Crippen LogP contribution >= 0.6 is 11.6 Å². The first-order chi connectivity index (χ1) is 16.6. The van der Waals surface area contributed by atoms with Gasteiger partial charge in [-0.05, 0) is 31.6 Å². The highest BCUT2D eigenvalue weighted by atomic mass is 35.5. The van der Waals surface area contributed by atoms with Gasteiger partial charge in [-0.3, -0.25) is 14.4 Å². The predicted octanol–water partition coefficient (Wildman–Crippen LogP) is 2.20. The maximum absolute atomic E-state index is 14.0. The van der Waals surface area contributed by atoms with Gasteiger partial charge in [0.05, 0.1) is 18.6 Å². The fourth-order valence-electron chi connectivity index (χ4n) is 3.67. The van der Waals surface area contributed by atoms with Gasteiger partial charge in [0.1, 0.15) is 18.2 Å². The summed E-state index contributed by atoms with van der Waals surface area (Å²) in [5.41, 5.74) is -0.705. The van der Waals surface area contributed by atoms with E-state index < -0.39 is 54.8 Å². The molecule has 1 saturated carbocycles. The average Bonchev–Trinajstić information content (AvgIpc) is 2.81. The van der Waals surface area contributed by atoms with E-state index in [4.69, 9.17) is 22.4 Å². The van der Waals surface area contributed by atoms with Crippen LogP contribution in [0.2, 0.25) is 0 Å². The molecule has 0 bridgehead atoms. The quantitative estimate of drug-likeness (QED) is 0.191. The molecule has 1 aliphatic rings. The molecule has 4 unspecified atom stereocenters. The summed E-state index contributed by atoms with van der Waals surface area (Å²) >= 11 is 6.44. The second-order valence-electron chi connectivity index (χ2n) is 8.11. The van der Waals surface area contributed by atoms with Crippen molar-refractivity contribution in [1.82, 2.24) is 19.4 Å². The van der Waals surface area contributed by atoms with Crippen molar-refractivity contribution in [2.75, 3.05) is 19.0 Å². The SMILES string of the molecule is C=NC(=N)Cn1c(=O)nc(NC2C/C(=C/NC)C(=N)CC2Cl)n(CCCC(F)C(F)CCF)c1=O. The zero-order valence-corrected chi connectivity index (χ0v) is 20.1. The Balaban J connectivity index is 2.36. The minimum atomic E-state index is -1.95. The molecule has 0 radical (unpaired) electrons. The summed E-state index contributed by atoms with van der Waals surface area (Å²) in [6, 6.07) is -0.486. The molecule has 4 atom stereocenters. The summed E-state index contributed by atoms with van der Waals surface area (Å²) in [4.78, 5) is 33.0. The number of hydrogen-bond donors (Lipinski definition) is 4. The van der Waals surface area contributed by atoms with Crippen molar-refractivity contribution in [3.63, 3.8) is 0 Å². The number of aromatic nitrogens is 3. The molecule has 14 heteroatoms. The molecule has 1 aromatic rings. The van der Waals surface area contributed by atoms with Crippen LogP contribution in [0.1, 0.15) is 32.1 Å². The molecule has 1 heterocycles. The van der Waals surface area contributed by atoms with E-state index in [2.05, 4.69) is 27.3 Å². The van der Waals surface area contributed by atoms with Gasteiger partial charge in [-0.15, -0.1) is 11.6 Å². The van der Waals surface area contributed by atoms with Gasteiger partial charge >= 0.3 is 11.4 Å². The van der Waals surface area contributed by atoms with E-state index in [1.54, 1.807) is 13.2 Å². The maximum Gasteiger partial charge on any atom is 0.355 e. The van der Waals surface area contributed by atoms with Crippen molar-refractivity contribution in [2.45, 2.75) is 69.0 Å². The lowest BCUT2D eigenvalue weighted by molar-refractivity contribution is 0.137. The van der Waals surface area contributed by atoms with Crippen LogP contribution in [0.25, 0.3) is 0 Å². The van der Waals surface area contributed by atoms with E-state index >= 15 is 0 Å². The number of nitrogens with zero attached hydrogens (tertiary/aromatic N) is 4. The number of halogens is 4. The van der Waals surface area contributed by atoms with Gasteiger partial charge in [-0.1, -0.05) is 0 Å². The summed E-state index contributed by atoms with van der Waals surface area (Å²) in [5, 5.41) is 21.1. The Labute approximate surface area is 205 Å². The van der Waals surface area contributed by atoms with E-state index in [0.29, 0.717) is 22.3 Å². The molecule has 0 spiro atoms. The highest BCUT2D eigenvalue weighted by Crippen LogP contribution is 2.27. The second kappa shape index (κ2) is 13.2. The number of aliphatic imine (C=N–C) groups is 1. The van der Waals surface area contributed by atoms with Gasteiger partial charge in [0.15, 0.2) is 0 Å². The molecule has 0 saturated heterocycles. The molecule has 0 aliphatic heterocycles. The van der Waals surface area contributed by atoms with Crippen LogP contribution in [0.3, 0.4) is 0 Å². The van der Waals surface area contributed by atoms with Gasteiger partial charge in [0.2, 0.25) is 5.95 Å². The van der Waals surface area contributed by atoms with Crippen molar-refractivity contribution in [3.05, 3.63) is 32.7 Å². The molecule has 2 rings (SSSR count). The Hall–Kier alpha value is -2.96. The number of nitrogens with one attached hydrogen (secondary N) is 4. The summed E-state index contributed by atoms with van der Waals surface area (Å²) in [6.07, 6.45) is -2.45. The number of hydrogen-bond acceptors (Lipinski definition) is 7. The lowest BCUT2D eigenvalue weighted by Gasteiger charge is -2.31. The minimum absolute atomic E-state index is 0.00399. The Morgan fingerprint density at radius 1 is 1.31 bits per heavy atom. The van der Waals surface area contributed by atoms with Crippen molar-refractivity contribution in [1.29, 1.82) is 10.8 Å². The minimum Gasteiger partial charge on any atom is -0.394 e. The number of amidine groups is 1.